The second kappa shape index (κ2) is 5.93. The Bertz CT molecular complexity index is 666. The average molecular weight is 269 g/mol. The summed E-state index contributed by atoms with van der Waals surface area (Å²) in [4.78, 5) is 5.84. The molecule has 0 spiro atoms. The molecule has 0 aliphatic carbocycles. The first kappa shape index (κ1) is 13.7. The van der Waals surface area contributed by atoms with Gasteiger partial charge in [-0.05, 0) is 23.8 Å². The molecule has 1 aromatic carbocycles. The SMILES string of the molecule is COc1cccc(C=Cc2nc(C#N)c(N(C)C)o2)c1. The normalized spacial score (nSPS) is 10.5. The molecule has 2 rings (SSSR count). The van der Waals surface area contributed by atoms with Crippen molar-refractivity contribution in [2.45, 2.75) is 0 Å². The van der Waals surface area contributed by atoms with Crippen molar-refractivity contribution in [2.24, 2.45) is 0 Å². The molecule has 5 nitrogen and oxygen atoms in total. The maximum absolute atomic E-state index is 8.99. The summed E-state index contributed by atoms with van der Waals surface area (Å²) in [6.45, 7) is 0. The van der Waals surface area contributed by atoms with Crippen molar-refractivity contribution in [1.29, 1.82) is 5.26 Å². The second-order valence-electron chi connectivity index (χ2n) is 4.32. The molecule has 0 N–H and O–H groups in total. The lowest BCUT2D eigenvalue weighted by Crippen LogP contribution is -2.08. The fraction of sp³-hybridized carbons (Fsp3) is 0.200. The van der Waals surface area contributed by atoms with Gasteiger partial charge in [0.2, 0.25) is 17.5 Å². The van der Waals surface area contributed by atoms with Crippen molar-refractivity contribution in [3.8, 4) is 11.8 Å². The van der Waals surface area contributed by atoms with Crippen LogP contribution in [0.25, 0.3) is 12.2 Å². The van der Waals surface area contributed by atoms with E-state index in [4.69, 9.17) is 14.4 Å². The topological polar surface area (TPSA) is 62.3 Å². The minimum Gasteiger partial charge on any atom is -0.497 e. The van der Waals surface area contributed by atoms with E-state index < -0.39 is 0 Å². The van der Waals surface area contributed by atoms with E-state index in [-0.39, 0.29) is 5.69 Å². The first-order valence-electron chi connectivity index (χ1n) is 6.04. The fourth-order valence-electron chi connectivity index (χ4n) is 1.69. The highest BCUT2D eigenvalue weighted by atomic mass is 16.5. The van der Waals surface area contributed by atoms with E-state index in [1.54, 1.807) is 32.2 Å². The molecule has 5 heteroatoms. The van der Waals surface area contributed by atoms with Gasteiger partial charge in [-0.15, -0.1) is 0 Å². The molecule has 0 amide bonds. The molecule has 0 fully saturated rings. The van der Waals surface area contributed by atoms with Crippen LogP contribution < -0.4 is 9.64 Å². The van der Waals surface area contributed by atoms with Gasteiger partial charge >= 0.3 is 0 Å². The summed E-state index contributed by atoms with van der Waals surface area (Å²) in [7, 11) is 5.23. The second-order valence-corrected chi connectivity index (χ2v) is 4.32. The van der Waals surface area contributed by atoms with Crippen LogP contribution in [-0.2, 0) is 0 Å². The Balaban J connectivity index is 2.25. The van der Waals surface area contributed by atoms with Crippen LogP contribution in [0.2, 0.25) is 0 Å². The first-order valence-corrected chi connectivity index (χ1v) is 6.04. The van der Waals surface area contributed by atoms with E-state index in [1.807, 2.05) is 36.4 Å². The number of nitriles is 1. The Kier molecular flexibility index (Phi) is 4.06. The van der Waals surface area contributed by atoms with Crippen molar-refractivity contribution < 1.29 is 9.15 Å². The zero-order valence-electron chi connectivity index (χ0n) is 11.6. The Labute approximate surface area is 117 Å². The lowest BCUT2D eigenvalue weighted by Gasteiger charge is -2.05. The highest BCUT2D eigenvalue weighted by Gasteiger charge is 2.12. The Morgan fingerprint density at radius 3 is 2.75 bits per heavy atom. The predicted molar refractivity (Wildman–Crippen MR) is 77.5 cm³/mol. The summed E-state index contributed by atoms with van der Waals surface area (Å²) in [6, 6.07) is 9.64. The molecule has 0 unspecified atom stereocenters. The largest absolute Gasteiger partial charge is 0.497 e. The minimum atomic E-state index is 0.278. The van der Waals surface area contributed by atoms with E-state index in [1.165, 1.54) is 0 Å². The zero-order chi connectivity index (χ0) is 14.5. The summed E-state index contributed by atoms with van der Waals surface area (Å²) in [5, 5.41) is 8.99. The van der Waals surface area contributed by atoms with Gasteiger partial charge in [-0.25, -0.2) is 0 Å². The maximum atomic E-state index is 8.99. The van der Waals surface area contributed by atoms with Crippen LogP contribution in [-0.4, -0.2) is 26.2 Å². The highest BCUT2D eigenvalue weighted by Crippen LogP contribution is 2.21. The molecule has 0 aliphatic rings. The standard InChI is InChI=1S/C15H15N3O2/c1-18(2)15-13(10-16)17-14(20-15)8-7-11-5-4-6-12(9-11)19-3/h4-9H,1-3H3. The molecule has 0 radical (unpaired) electrons. The van der Waals surface area contributed by atoms with E-state index in [0.29, 0.717) is 11.8 Å². The van der Waals surface area contributed by atoms with E-state index >= 15 is 0 Å². The van der Waals surface area contributed by atoms with Gasteiger partial charge in [-0.3, -0.25) is 0 Å². The van der Waals surface area contributed by atoms with Gasteiger partial charge in [-0.1, -0.05) is 12.1 Å². The van der Waals surface area contributed by atoms with Crippen molar-refractivity contribution in [2.75, 3.05) is 26.1 Å². The molecule has 20 heavy (non-hydrogen) atoms. The number of hydrogen-bond acceptors (Lipinski definition) is 5. The van der Waals surface area contributed by atoms with Crippen molar-refractivity contribution in [3.05, 3.63) is 41.4 Å². The fourth-order valence-corrected chi connectivity index (χ4v) is 1.69. The number of benzene rings is 1. The number of rotatable bonds is 4. The molecule has 0 atom stereocenters. The third kappa shape index (κ3) is 2.98. The summed E-state index contributed by atoms with van der Waals surface area (Å²) in [6.07, 6.45) is 3.58. The van der Waals surface area contributed by atoms with Gasteiger partial charge in [0.15, 0.2) is 0 Å². The average Bonchev–Trinajstić information content (AvgIpc) is 2.89. The number of aromatic nitrogens is 1. The van der Waals surface area contributed by atoms with Crippen LogP contribution in [0.3, 0.4) is 0 Å². The van der Waals surface area contributed by atoms with E-state index in [0.717, 1.165) is 11.3 Å². The van der Waals surface area contributed by atoms with Crippen LogP contribution in [0.1, 0.15) is 17.1 Å². The van der Waals surface area contributed by atoms with Gasteiger partial charge in [-0.2, -0.15) is 10.2 Å². The third-order valence-electron chi connectivity index (χ3n) is 2.65. The molecule has 102 valence electrons. The Hall–Kier alpha value is -2.74. The lowest BCUT2D eigenvalue weighted by atomic mass is 10.2. The van der Waals surface area contributed by atoms with Gasteiger partial charge in [0, 0.05) is 20.2 Å². The molecule has 0 saturated carbocycles. The summed E-state index contributed by atoms with van der Waals surface area (Å²) in [5.74, 6) is 1.64. The number of hydrogen-bond donors (Lipinski definition) is 0. The van der Waals surface area contributed by atoms with Gasteiger partial charge in [0.1, 0.15) is 11.8 Å². The van der Waals surface area contributed by atoms with Crippen molar-refractivity contribution >= 4 is 18.0 Å². The minimum absolute atomic E-state index is 0.278. The lowest BCUT2D eigenvalue weighted by molar-refractivity contribution is 0.414. The number of anilines is 1. The Morgan fingerprint density at radius 1 is 1.35 bits per heavy atom. The summed E-state index contributed by atoms with van der Waals surface area (Å²) < 4.78 is 10.7. The summed E-state index contributed by atoms with van der Waals surface area (Å²) >= 11 is 0. The zero-order valence-corrected chi connectivity index (χ0v) is 11.6. The van der Waals surface area contributed by atoms with E-state index in [9.17, 15) is 0 Å². The third-order valence-corrected chi connectivity index (χ3v) is 2.65. The number of oxazole rings is 1. The molecule has 0 aliphatic heterocycles. The Morgan fingerprint density at radius 2 is 2.15 bits per heavy atom. The van der Waals surface area contributed by atoms with Gasteiger partial charge < -0.3 is 14.1 Å². The van der Waals surface area contributed by atoms with E-state index in [2.05, 4.69) is 4.98 Å². The van der Waals surface area contributed by atoms with Gasteiger partial charge in [0.05, 0.1) is 7.11 Å². The molecular weight excluding hydrogens is 254 g/mol. The smallest absolute Gasteiger partial charge is 0.234 e. The van der Waals surface area contributed by atoms with Crippen molar-refractivity contribution in [3.63, 3.8) is 0 Å². The van der Waals surface area contributed by atoms with Crippen LogP contribution in [0.5, 0.6) is 5.75 Å². The maximum Gasteiger partial charge on any atom is 0.234 e. The molecule has 2 aromatic rings. The number of nitrogens with zero attached hydrogens (tertiary/aromatic N) is 3. The predicted octanol–water partition coefficient (Wildman–Crippen LogP) is 2.79. The molecule has 1 aromatic heterocycles. The van der Waals surface area contributed by atoms with Crippen LogP contribution in [0.4, 0.5) is 5.88 Å². The molecule has 0 bridgehead atoms. The quantitative estimate of drug-likeness (QED) is 0.854. The van der Waals surface area contributed by atoms with Crippen LogP contribution in [0, 0.1) is 11.3 Å². The summed E-state index contributed by atoms with van der Waals surface area (Å²) in [5.41, 5.74) is 1.24. The van der Waals surface area contributed by atoms with Crippen LogP contribution in [0.15, 0.2) is 28.7 Å². The first-order chi connectivity index (χ1) is 9.63. The van der Waals surface area contributed by atoms with Crippen molar-refractivity contribution in [1.82, 2.24) is 4.98 Å². The monoisotopic (exact) mass is 269 g/mol. The van der Waals surface area contributed by atoms with Gasteiger partial charge in [0.25, 0.3) is 0 Å². The number of ether oxygens (including phenoxy) is 1. The van der Waals surface area contributed by atoms with Crippen LogP contribution >= 0.6 is 0 Å². The molecule has 0 saturated heterocycles. The molecule has 1 heterocycles. The molecular formula is C15H15N3O2. The number of methoxy groups -OCH3 is 1. The highest BCUT2D eigenvalue weighted by molar-refractivity contribution is 5.67.